The fourth-order valence-corrected chi connectivity index (χ4v) is 4.29. The Labute approximate surface area is 120 Å². The van der Waals surface area contributed by atoms with Gasteiger partial charge in [0.1, 0.15) is 11.6 Å². The number of aromatic nitrogens is 2. The Hall–Kier alpha value is -1.16. The first kappa shape index (κ1) is 12.6. The van der Waals surface area contributed by atoms with Gasteiger partial charge in [0.25, 0.3) is 0 Å². The molecule has 2 heterocycles. The summed E-state index contributed by atoms with van der Waals surface area (Å²) in [5.41, 5.74) is 2.41. The van der Waals surface area contributed by atoms with Crippen molar-refractivity contribution in [3.05, 3.63) is 17.1 Å². The molecule has 0 aromatic carbocycles. The molecule has 0 amide bonds. The zero-order valence-electron chi connectivity index (χ0n) is 12.2. The molecule has 4 nitrogen and oxygen atoms in total. The van der Waals surface area contributed by atoms with Crippen molar-refractivity contribution < 1.29 is 4.74 Å². The summed E-state index contributed by atoms with van der Waals surface area (Å²) in [7, 11) is 0. The Bertz CT molecular complexity index is 517. The molecule has 4 rings (SSSR count). The summed E-state index contributed by atoms with van der Waals surface area (Å²) in [6.45, 7) is 4.48. The average molecular weight is 273 g/mol. The highest BCUT2D eigenvalue weighted by Crippen LogP contribution is 2.52. The van der Waals surface area contributed by atoms with E-state index in [2.05, 4.69) is 12.2 Å². The van der Waals surface area contributed by atoms with Crippen LogP contribution in [0.3, 0.4) is 0 Å². The molecule has 0 radical (unpaired) electrons. The van der Waals surface area contributed by atoms with Crippen molar-refractivity contribution in [2.75, 3.05) is 18.5 Å². The van der Waals surface area contributed by atoms with Crippen molar-refractivity contribution in [1.82, 2.24) is 9.97 Å². The largest absolute Gasteiger partial charge is 0.376 e. The molecule has 3 unspecified atom stereocenters. The Morgan fingerprint density at radius 1 is 1.25 bits per heavy atom. The summed E-state index contributed by atoms with van der Waals surface area (Å²) >= 11 is 0. The first-order valence-corrected chi connectivity index (χ1v) is 8.06. The quantitative estimate of drug-likeness (QED) is 0.920. The lowest BCUT2D eigenvalue weighted by Gasteiger charge is -2.24. The number of hydrogen-bond acceptors (Lipinski definition) is 4. The van der Waals surface area contributed by atoms with Crippen LogP contribution in [0.5, 0.6) is 0 Å². The van der Waals surface area contributed by atoms with E-state index < -0.39 is 0 Å². The van der Waals surface area contributed by atoms with Gasteiger partial charge < -0.3 is 10.1 Å². The third-order valence-electron chi connectivity index (χ3n) is 5.25. The highest BCUT2D eigenvalue weighted by molar-refractivity contribution is 5.47. The number of ether oxygens (including phenoxy) is 1. The maximum atomic E-state index is 5.58. The SMILES string of the molecule is CCNc1nc(C2CC3CCC2C3)nc2c1COCC2. The fraction of sp³-hybridized carbons (Fsp3) is 0.750. The monoisotopic (exact) mass is 273 g/mol. The molecule has 3 aliphatic rings. The third-order valence-corrected chi connectivity index (χ3v) is 5.25. The number of nitrogens with one attached hydrogen (secondary N) is 1. The smallest absolute Gasteiger partial charge is 0.135 e. The molecular weight excluding hydrogens is 250 g/mol. The van der Waals surface area contributed by atoms with Gasteiger partial charge in [-0.15, -0.1) is 0 Å². The second-order valence-electron chi connectivity index (χ2n) is 6.47. The van der Waals surface area contributed by atoms with E-state index in [0.29, 0.717) is 12.5 Å². The minimum absolute atomic E-state index is 0.610. The van der Waals surface area contributed by atoms with Gasteiger partial charge in [-0.2, -0.15) is 0 Å². The first-order valence-electron chi connectivity index (χ1n) is 8.06. The lowest BCUT2D eigenvalue weighted by atomic mass is 9.88. The Morgan fingerprint density at radius 2 is 2.20 bits per heavy atom. The van der Waals surface area contributed by atoms with E-state index in [4.69, 9.17) is 14.7 Å². The van der Waals surface area contributed by atoms with Crippen LogP contribution >= 0.6 is 0 Å². The van der Waals surface area contributed by atoms with Crippen LogP contribution in [0.2, 0.25) is 0 Å². The standard InChI is InChI=1S/C16H23N3O/c1-2-17-15-13-9-20-6-5-14(13)18-16(19-15)12-8-10-3-4-11(12)7-10/h10-12H,2-9H2,1H3,(H,17,18,19). The van der Waals surface area contributed by atoms with Crippen LogP contribution in [0.4, 0.5) is 5.82 Å². The van der Waals surface area contributed by atoms with Gasteiger partial charge in [-0.05, 0) is 38.0 Å². The van der Waals surface area contributed by atoms with Gasteiger partial charge in [0.2, 0.25) is 0 Å². The number of fused-ring (bicyclic) bond motifs is 3. The van der Waals surface area contributed by atoms with Crippen LogP contribution in [-0.2, 0) is 17.8 Å². The Balaban J connectivity index is 1.71. The van der Waals surface area contributed by atoms with Gasteiger partial charge in [0.15, 0.2) is 0 Å². The van der Waals surface area contributed by atoms with Crippen LogP contribution in [0.1, 0.15) is 55.6 Å². The van der Waals surface area contributed by atoms with Gasteiger partial charge in [0, 0.05) is 24.4 Å². The molecule has 2 fully saturated rings. The number of anilines is 1. The van der Waals surface area contributed by atoms with Gasteiger partial charge in [-0.1, -0.05) is 6.42 Å². The van der Waals surface area contributed by atoms with E-state index in [1.165, 1.54) is 36.9 Å². The van der Waals surface area contributed by atoms with Crippen LogP contribution < -0.4 is 5.32 Å². The van der Waals surface area contributed by atoms with E-state index in [0.717, 1.165) is 43.1 Å². The molecule has 0 spiro atoms. The molecule has 2 bridgehead atoms. The van der Waals surface area contributed by atoms with E-state index in [1.807, 2.05) is 0 Å². The third kappa shape index (κ3) is 2.01. The fourth-order valence-electron chi connectivity index (χ4n) is 4.29. The van der Waals surface area contributed by atoms with Crippen molar-refractivity contribution in [2.24, 2.45) is 11.8 Å². The molecule has 1 aromatic rings. The maximum absolute atomic E-state index is 5.58. The molecule has 2 saturated carbocycles. The predicted molar refractivity (Wildman–Crippen MR) is 77.7 cm³/mol. The van der Waals surface area contributed by atoms with Crippen molar-refractivity contribution in [3.8, 4) is 0 Å². The molecule has 2 aliphatic carbocycles. The first-order chi connectivity index (χ1) is 9.85. The molecule has 20 heavy (non-hydrogen) atoms. The van der Waals surface area contributed by atoms with E-state index >= 15 is 0 Å². The van der Waals surface area contributed by atoms with Gasteiger partial charge in [-0.3, -0.25) is 0 Å². The lowest BCUT2D eigenvalue weighted by Crippen LogP contribution is -2.21. The molecule has 1 aliphatic heterocycles. The normalized spacial score (nSPS) is 31.4. The Morgan fingerprint density at radius 3 is 2.95 bits per heavy atom. The number of rotatable bonds is 3. The van der Waals surface area contributed by atoms with Gasteiger partial charge in [0.05, 0.1) is 18.9 Å². The van der Waals surface area contributed by atoms with Crippen molar-refractivity contribution in [2.45, 2.75) is 51.6 Å². The molecule has 3 atom stereocenters. The highest BCUT2D eigenvalue weighted by Gasteiger charge is 2.42. The second-order valence-corrected chi connectivity index (χ2v) is 6.47. The minimum atomic E-state index is 0.610. The molecular formula is C16H23N3O. The van der Waals surface area contributed by atoms with Crippen molar-refractivity contribution >= 4 is 5.82 Å². The van der Waals surface area contributed by atoms with E-state index in [1.54, 1.807) is 0 Å². The van der Waals surface area contributed by atoms with Gasteiger partial charge >= 0.3 is 0 Å². The summed E-state index contributed by atoms with van der Waals surface area (Å²) < 4.78 is 5.58. The van der Waals surface area contributed by atoms with Crippen LogP contribution in [0, 0.1) is 11.8 Å². The highest BCUT2D eigenvalue weighted by atomic mass is 16.5. The average Bonchev–Trinajstić information content (AvgIpc) is 3.10. The molecule has 108 valence electrons. The number of hydrogen-bond donors (Lipinski definition) is 1. The Kier molecular flexibility index (Phi) is 3.14. The summed E-state index contributed by atoms with van der Waals surface area (Å²) in [6.07, 6.45) is 6.47. The topological polar surface area (TPSA) is 47.0 Å². The summed E-state index contributed by atoms with van der Waals surface area (Å²) in [6, 6.07) is 0. The number of nitrogens with zero attached hydrogens (tertiary/aromatic N) is 2. The minimum Gasteiger partial charge on any atom is -0.376 e. The predicted octanol–water partition coefficient (Wildman–Crippen LogP) is 2.88. The summed E-state index contributed by atoms with van der Waals surface area (Å²) in [5.74, 6) is 4.52. The molecule has 1 N–H and O–H groups in total. The van der Waals surface area contributed by atoms with Crippen LogP contribution in [-0.4, -0.2) is 23.1 Å². The zero-order chi connectivity index (χ0) is 13.5. The maximum Gasteiger partial charge on any atom is 0.135 e. The summed E-state index contributed by atoms with van der Waals surface area (Å²) in [4.78, 5) is 9.80. The van der Waals surface area contributed by atoms with Gasteiger partial charge in [-0.25, -0.2) is 9.97 Å². The molecule has 1 aromatic heterocycles. The van der Waals surface area contributed by atoms with E-state index in [-0.39, 0.29) is 0 Å². The summed E-state index contributed by atoms with van der Waals surface area (Å²) in [5, 5.41) is 3.41. The van der Waals surface area contributed by atoms with Crippen LogP contribution in [0.15, 0.2) is 0 Å². The lowest BCUT2D eigenvalue weighted by molar-refractivity contribution is 0.109. The van der Waals surface area contributed by atoms with Crippen LogP contribution in [0.25, 0.3) is 0 Å². The second kappa shape index (κ2) is 4.99. The zero-order valence-corrected chi connectivity index (χ0v) is 12.2. The molecule has 0 saturated heterocycles. The molecule has 4 heteroatoms. The van der Waals surface area contributed by atoms with E-state index in [9.17, 15) is 0 Å². The van der Waals surface area contributed by atoms with Crippen molar-refractivity contribution in [3.63, 3.8) is 0 Å². The van der Waals surface area contributed by atoms with Crippen molar-refractivity contribution in [1.29, 1.82) is 0 Å².